The van der Waals surface area contributed by atoms with E-state index in [1.54, 1.807) is 48.5 Å². The minimum Gasteiger partial charge on any atom is -0.421 e. The molecule has 172 valence electrons. The predicted molar refractivity (Wildman–Crippen MR) is 117 cm³/mol. The van der Waals surface area contributed by atoms with Crippen LogP contribution >= 0.6 is 0 Å². The molecule has 2 aliphatic rings. The number of β-lactam (4-membered cyclic amide) rings is 1. The third-order valence-corrected chi connectivity index (χ3v) is 8.54. The molecule has 0 aliphatic carbocycles. The maximum Gasteiger partial charge on any atom is 0.511 e. The molecule has 2 aromatic carbocycles. The molecular weight excluding hydrogens is 448 g/mol. The van der Waals surface area contributed by atoms with Gasteiger partial charge in [-0.05, 0) is 18.1 Å². The quantitative estimate of drug-likeness (QED) is 0.388. The van der Waals surface area contributed by atoms with Crippen LogP contribution in [0.1, 0.15) is 30.6 Å². The Morgan fingerprint density at radius 2 is 1.64 bits per heavy atom. The maximum absolute atomic E-state index is 13.1. The maximum atomic E-state index is 13.1. The molecule has 10 heteroatoms. The van der Waals surface area contributed by atoms with Crippen LogP contribution in [0.2, 0.25) is 0 Å². The molecule has 0 aromatic heterocycles. The van der Waals surface area contributed by atoms with Gasteiger partial charge in [0.1, 0.15) is 10.1 Å². The number of nitrogens with two attached hydrogens (primary N) is 1. The number of amides is 2. The van der Waals surface area contributed by atoms with Gasteiger partial charge >= 0.3 is 6.16 Å². The largest absolute Gasteiger partial charge is 0.511 e. The molecular formula is C23H22N2O7S. The van der Waals surface area contributed by atoms with Crippen molar-refractivity contribution < 1.29 is 32.3 Å². The summed E-state index contributed by atoms with van der Waals surface area (Å²) in [5, 5.41) is -1.15. The second-order valence-corrected chi connectivity index (χ2v) is 10.5. The number of fused-ring (bicyclic) bond motifs is 1. The highest BCUT2D eigenvalue weighted by Gasteiger charge is 2.68. The Labute approximate surface area is 190 Å². The lowest BCUT2D eigenvalue weighted by Crippen LogP contribution is -2.55. The van der Waals surface area contributed by atoms with Crippen LogP contribution in [0.15, 0.2) is 72.8 Å². The number of rotatable bonds is 6. The fraction of sp³-hybridized carbons (Fsp3) is 0.261. The van der Waals surface area contributed by atoms with Gasteiger partial charge in [0.25, 0.3) is 0 Å². The molecule has 0 radical (unpaired) electrons. The third kappa shape index (κ3) is 3.86. The molecule has 9 nitrogen and oxygen atoms in total. The zero-order valence-corrected chi connectivity index (χ0v) is 18.5. The van der Waals surface area contributed by atoms with Crippen LogP contribution in [0.4, 0.5) is 4.79 Å². The van der Waals surface area contributed by atoms with Crippen molar-refractivity contribution in [3.63, 3.8) is 0 Å². The van der Waals surface area contributed by atoms with E-state index in [9.17, 15) is 22.8 Å². The van der Waals surface area contributed by atoms with Gasteiger partial charge in [-0.15, -0.1) is 0 Å². The third-order valence-electron chi connectivity index (χ3n) is 5.87. The predicted octanol–water partition coefficient (Wildman–Crippen LogP) is 2.04. The average Bonchev–Trinajstić information content (AvgIpc) is 2.92. The first kappa shape index (κ1) is 22.5. The molecule has 2 saturated heterocycles. The minimum atomic E-state index is -4.01. The van der Waals surface area contributed by atoms with Gasteiger partial charge < -0.3 is 15.2 Å². The van der Waals surface area contributed by atoms with Crippen LogP contribution in [0.5, 0.6) is 0 Å². The SMILES string of the molecule is C[C@]1(/C=C/C(N)=O)[C@H](OC(=O)OC(c2ccccc2)c2ccccc2)N2C(=O)C[C@H]2S1(=O)=O. The molecule has 4 rings (SSSR count). The van der Waals surface area contributed by atoms with E-state index in [4.69, 9.17) is 15.2 Å². The molecule has 2 aromatic rings. The number of sulfone groups is 1. The van der Waals surface area contributed by atoms with E-state index in [1.807, 2.05) is 12.1 Å². The molecule has 2 heterocycles. The standard InChI is InChI=1S/C23H22N2O7S/c1-23(13-12-17(24)26)21(25-18(27)14-19(25)33(23,29)30)32-22(28)31-20(15-8-4-2-5-9-15)16-10-6-3-7-11-16/h2-13,19-21H,14H2,1H3,(H2,24,26)/b13-12+/t19-,21+,23+/m1/s1. The van der Waals surface area contributed by atoms with Crippen LogP contribution in [0.3, 0.4) is 0 Å². The summed E-state index contributed by atoms with van der Waals surface area (Å²) >= 11 is 0. The van der Waals surface area contributed by atoms with E-state index in [1.165, 1.54) is 6.92 Å². The number of nitrogens with zero attached hydrogens (tertiary/aromatic N) is 1. The van der Waals surface area contributed by atoms with Crippen LogP contribution in [-0.2, 0) is 28.9 Å². The van der Waals surface area contributed by atoms with Gasteiger partial charge in [-0.25, -0.2) is 13.2 Å². The van der Waals surface area contributed by atoms with Crippen molar-refractivity contribution in [3.8, 4) is 0 Å². The molecule has 0 spiro atoms. The van der Waals surface area contributed by atoms with Crippen molar-refractivity contribution in [1.29, 1.82) is 0 Å². The van der Waals surface area contributed by atoms with E-state index in [0.29, 0.717) is 11.1 Å². The van der Waals surface area contributed by atoms with E-state index in [2.05, 4.69) is 0 Å². The Bertz CT molecular complexity index is 1170. The highest BCUT2D eigenvalue weighted by atomic mass is 32.2. The van der Waals surface area contributed by atoms with Gasteiger partial charge in [0.05, 0.1) is 6.42 Å². The second kappa shape index (κ2) is 8.36. The number of primary amides is 1. The fourth-order valence-corrected chi connectivity index (χ4v) is 6.23. The summed E-state index contributed by atoms with van der Waals surface area (Å²) in [7, 11) is -4.01. The summed E-state index contributed by atoms with van der Waals surface area (Å²) in [6.07, 6.45) is -1.79. The van der Waals surface area contributed by atoms with Gasteiger partial charge in [0.15, 0.2) is 15.9 Å². The Hall–Kier alpha value is -3.66. The van der Waals surface area contributed by atoms with E-state index >= 15 is 0 Å². The Morgan fingerprint density at radius 1 is 1.09 bits per heavy atom. The van der Waals surface area contributed by atoms with Crippen molar-refractivity contribution in [1.82, 2.24) is 4.90 Å². The Morgan fingerprint density at radius 3 is 2.12 bits per heavy atom. The fourth-order valence-electron chi connectivity index (χ4n) is 4.05. The Kier molecular flexibility index (Phi) is 5.71. The lowest BCUT2D eigenvalue weighted by Gasteiger charge is -2.36. The van der Waals surface area contributed by atoms with Gasteiger partial charge in [0.2, 0.25) is 18.0 Å². The minimum absolute atomic E-state index is 0.228. The van der Waals surface area contributed by atoms with Crippen molar-refractivity contribution in [2.24, 2.45) is 5.73 Å². The lowest BCUT2D eigenvalue weighted by atomic mass is 10.0. The number of carbonyl (C=O) groups is 3. The number of hydrogen-bond donors (Lipinski definition) is 1. The zero-order chi connectivity index (χ0) is 23.8. The molecule has 2 aliphatic heterocycles. The van der Waals surface area contributed by atoms with Crippen molar-refractivity contribution in [2.75, 3.05) is 0 Å². The molecule has 2 N–H and O–H groups in total. The summed E-state index contributed by atoms with van der Waals surface area (Å²) in [6, 6.07) is 17.9. The number of ether oxygens (including phenoxy) is 2. The van der Waals surface area contributed by atoms with Gasteiger partial charge in [-0.2, -0.15) is 0 Å². The van der Waals surface area contributed by atoms with Crippen molar-refractivity contribution in [3.05, 3.63) is 83.9 Å². The zero-order valence-electron chi connectivity index (χ0n) is 17.7. The van der Waals surface area contributed by atoms with Crippen molar-refractivity contribution in [2.45, 2.75) is 35.8 Å². The summed E-state index contributed by atoms with van der Waals surface area (Å²) < 4.78 is 35.3. The molecule has 0 unspecified atom stereocenters. The van der Waals surface area contributed by atoms with Crippen LogP contribution in [0, 0.1) is 0 Å². The highest BCUT2D eigenvalue weighted by molar-refractivity contribution is 7.94. The summed E-state index contributed by atoms with van der Waals surface area (Å²) in [4.78, 5) is 37.3. The van der Waals surface area contributed by atoms with Crippen molar-refractivity contribution >= 4 is 27.8 Å². The van der Waals surface area contributed by atoms with E-state index < -0.39 is 50.3 Å². The van der Waals surface area contributed by atoms with E-state index in [-0.39, 0.29) is 6.42 Å². The molecule has 2 amide bonds. The average molecular weight is 471 g/mol. The summed E-state index contributed by atoms with van der Waals surface area (Å²) in [5.74, 6) is -1.36. The van der Waals surface area contributed by atoms with Crippen LogP contribution in [-0.4, -0.2) is 47.6 Å². The molecule has 2 fully saturated rings. The molecule has 0 saturated carbocycles. The molecule has 3 atom stereocenters. The highest BCUT2D eigenvalue weighted by Crippen LogP contribution is 2.47. The van der Waals surface area contributed by atoms with Gasteiger partial charge in [-0.3, -0.25) is 14.5 Å². The summed E-state index contributed by atoms with van der Waals surface area (Å²) in [5.41, 5.74) is 6.49. The normalized spacial score (nSPS) is 25.5. The number of hydrogen-bond acceptors (Lipinski definition) is 7. The second-order valence-electron chi connectivity index (χ2n) is 7.96. The topological polar surface area (TPSA) is 133 Å². The summed E-state index contributed by atoms with van der Waals surface area (Å²) in [6.45, 7) is 1.27. The number of carbonyl (C=O) groups excluding carboxylic acids is 3. The first-order valence-corrected chi connectivity index (χ1v) is 11.7. The molecule has 0 bridgehead atoms. The van der Waals surface area contributed by atoms with Gasteiger partial charge in [0, 0.05) is 6.08 Å². The lowest BCUT2D eigenvalue weighted by molar-refractivity contribution is -0.157. The smallest absolute Gasteiger partial charge is 0.421 e. The van der Waals surface area contributed by atoms with E-state index in [0.717, 1.165) is 17.1 Å². The monoisotopic (exact) mass is 470 g/mol. The van der Waals surface area contributed by atoms with Crippen LogP contribution < -0.4 is 5.73 Å². The van der Waals surface area contributed by atoms with Gasteiger partial charge in [-0.1, -0.05) is 66.7 Å². The first-order valence-electron chi connectivity index (χ1n) is 10.2. The number of benzene rings is 2. The van der Waals surface area contributed by atoms with Crippen LogP contribution in [0.25, 0.3) is 0 Å². The first-order chi connectivity index (χ1) is 15.6. The Balaban J connectivity index is 1.64. The molecule has 33 heavy (non-hydrogen) atoms.